The fourth-order valence-electron chi connectivity index (χ4n) is 4.54. The van der Waals surface area contributed by atoms with Gasteiger partial charge in [0.05, 0.1) is 17.0 Å². The molecule has 0 amide bonds. The molecule has 9 heteroatoms. The van der Waals surface area contributed by atoms with Crippen molar-refractivity contribution in [2.24, 2.45) is 0 Å². The molecule has 8 nitrogen and oxygen atoms in total. The summed E-state index contributed by atoms with van der Waals surface area (Å²) < 4.78 is 19.0. The fourth-order valence-corrected chi connectivity index (χ4v) is 4.54. The second kappa shape index (κ2) is 7.47. The maximum absolute atomic E-state index is 13.2. The standard InChI is InChI=1S/C24H19FN6O2/c25-16-3-1-15(2-4-16)22-27-10-6-19(28-22)20-13-21(30-29-20)31-11-7-24(8-12-31)18-14-26-9-5-17(18)23(32)33-24/h1-6,9-10,13-14H,7-8,11-12H2,(H,29,30). The van der Waals surface area contributed by atoms with Crippen LogP contribution < -0.4 is 4.90 Å². The minimum absolute atomic E-state index is 0.274. The van der Waals surface area contributed by atoms with E-state index in [9.17, 15) is 9.18 Å². The van der Waals surface area contributed by atoms with Crippen LogP contribution in [0.25, 0.3) is 22.8 Å². The maximum atomic E-state index is 13.2. The molecule has 1 saturated heterocycles. The Morgan fingerprint density at radius 3 is 2.70 bits per heavy atom. The van der Waals surface area contributed by atoms with Gasteiger partial charge < -0.3 is 9.64 Å². The predicted molar refractivity (Wildman–Crippen MR) is 118 cm³/mol. The number of aromatic nitrogens is 5. The second-order valence-corrected chi connectivity index (χ2v) is 8.20. The molecule has 0 bridgehead atoms. The summed E-state index contributed by atoms with van der Waals surface area (Å²) in [7, 11) is 0. The van der Waals surface area contributed by atoms with Gasteiger partial charge in [0, 0.05) is 61.7 Å². The second-order valence-electron chi connectivity index (χ2n) is 8.20. The average molecular weight is 442 g/mol. The van der Waals surface area contributed by atoms with E-state index in [0.717, 1.165) is 22.6 Å². The molecule has 6 rings (SSSR count). The average Bonchev–Trinajstić information content (AvgIpc) is 3.45. The zero-order valence-corrected chi connectivity index (χ0v) is 17.5. The lowest BCUT2D eigenvalue weighted by molar-refractivity contribution is -0.0212. The number of nitrogens with one attached hydrogen (secondary N) is 1. The molecule has 1 N–H and O–H groups in total. The van der Waals surface area contributed by atoms with Gasteiger partial charge in [-0.05, 0) is 36.4 Å². The Morgan fingerprint density at radius 1 is 1.06 bits per heavy atom. The number of piperidine rings is 1. The molecule has 1 spiro atoms. The topological polar surface area (TPSA) is 96.9 Å². The molecule has 1 fully saturated rings. The molecular weight excluding hydrogens is 423 g/mol. The Hall–Kier alpha value is -4.14. The van der Waals surface area contributed by atoms with Gasteiger partial charge in [-0.25, -0.2) is 19.2 Å². The highest BCUT2D eigenvalue weighted by molar-refractivity contribution is 5.94. The number of aromatic amines is 1. The summed E-state index contributed by atoms with van der Waals surface area (Å²) in [5, 5.41) is 7.53. The predicted octanol–water partition coefficient (Wildman–Crippen LogP) is 3.73. The highest BCUT2D eigenvalue weighted by Crippen LogP contribution is 2.44. The number of ether oxygens (including phenoxy) is 1. The molecule has 2 aliphatic heterocycles. The van der Waals surface area contributed by atoms with Crippen LogP contribution in [-0.2, 0) is 10.3 Å². The summed E-state index contributed by atoms with van der Waals surface area (Å²) >= 11 is 0. The molecule has 0 aliphatic carbocycles. The summed E-state index contributed by atoms with van der Waals surface area (Å²) in [6, 6.07) is 11.6. The van der Waals surface area contributed by atoms with Crippen LogP contribution in [0.4, 0.5) is 10.2 Å². The van der Waals surface area contributed by atoms with Crippen molar-refractivity contribution in [3.63, 3.8) is 0 Å². The third kappa shape index (κ3) is 3.32. The molecule has 1 aromatic carbocycles. The van der Waals surface area contributed by atoms with E-state index >= 15 is 0 Å². The number of rotatable bonds is 3. The number of benzene rings is 1. The van der Waals surface area contributed by atoms with Crippen molar-refractivity contribution in [1.29, 1.82) is 0 Å². The number of carbonyl (C=O) groups excluding carboxylic acids is 1. The molecule has 164 valence electrons. The highest BCUT2D eigenvalue weighted by Gasteiger charge is 2.47. The summed E-state index contributed by atoms with van der Waals surface area (Å²) in [6.07, 6.45) is 6.38. The first kappa shape index (κ1) is 19.5. The van der Waals surface area contributed by atoms with Gasteiger partial charge >= 0.3 is 5.97 Å². The van der Waals surface area contributed by atoms with Crippen LogP contribution in [0.15, 0.2) is 61.1 Å². The smallest absolute Gasteiger partial charge is 0.339 e. The van der Waals surface area contributed by atoms with Crippen LogP contribution in [0.5, 0.6) is 0 Å². The van der Waals surface area contributed by atoms with Crippen molar-refractivity contribution in [3.8, 4) is 22.8 Å². The third-order valence-electron chi connectivity index (χ3n) is 6.31. The number of carbonyl (C=O) groups is 1. The van der Waals surface area contributed by atoms with Gasteiger partial charge in [0.25, 0.3) is 0 Å². The Morgan fingerprint density at radius 2 is 1.88 bits per heavy atom. The number of nitrogens with zero attached hydrogens (tertiary/aromatic N) is 5. The largest absolute Gasteiger partial charge is 0.450 e. The van der Waals surface area contributed by atoms with Gasteiger partial charge in [-0.15, -0.1) is 0 Å². The van der Waals surface area contributed by atoms with Crippen molar-refractivity contribution in [2.75, 3.05) is 18.0 Å². The fraction of sp³-hybridized carbons (Fsp3) is 0.208. The zero-order chi connectivity index (χ0) is 22.4. The molecule has 0 unspecified atom stereocenters. The number of H-pyrrole nitrogens is 1. The van der Waals surface area contributed by atoms with E-state index in [-0.39, 0.29) is 11.8 Å². The Labute approximate surface area is 188 Å². The molecule has 0 radical (unpaired) electrons. The van der Waals surface area contributed by atoms with Crippen molar-refractivity contribution >= 4 is 11.8 Å². The van der Waals surface area contributed by atoms with Crippen LogP contribution in [0.3, 0.4) is 0 Å². The Bertz CT molecular complexity index is 1350. The minimum Gasteiger partial charge on any atom is -0.450 e. The Kier molecular flexibility index (Phi) is 4.42. The van der Waals surface area contributed by atoms with Crippen LogP contribution in [0.2, 0.25) is 0 Å². The normalized spacial score (nSPS) is 16.6. The minimum atomic E-state index is -0.604. The Balaban J connectivity index is 1.21. The molecule has 3 aromatic heterocycles. The summed E-state index contributed by atoms with van der Waals surface area (Å²) in [5.41, 5.74) is 3.08. The van der Waals surface area contributed by atoms with E-state index in [4.69, 9.17) is 4.74 Å². The molecule has 0 saturated carbocycles. The molecule has 2 aliphatic rings. The molecule has 4 aromatic rings. The maximum Gasteiger partial charge on any atom is 0.339 e. The van der Waals surface area contributed by atoms with Crippen molar-refractivity contribution in [2.45, 2.75) is 18.4 Å². The van der Waals surface area contributed by atoms with Crippen molar-refractivity contribution in [3.05, 3.63) is 78.0 Å². The van der Waals surface area contributed by atoms with Gasteiger partial charge in [0.1, 0.15) is 11.4 Å². The molecule has 0 atom stereocenters. The van der Waals surface area contributed by atoms with E-state index in [1.807, 2.05) is 6.07 Å². The SMILES string of the molecule is O=C1OC2(CCN(c3cc(-c4ccnc(-c5ccc(F)cc5)n4)[nH]n3)CC2)c2cnccc21. The number of pyridine rings is 1. The highest BCUT2D eigenvalue weighted by atomic mass is 19.1. The van der Waals surface area contributed by atoms with Crippen molar-refractivity contribution < 1.29 is 13.9 Å². The first-order valence-corrected chi connectivity index (χ1v) is 10.7. The van der Waals surface area contributed by atoms with Crippen LogP contribution in [-0.4, -0.2) is 44.2 Å². The van der Waals surface area contributed by atoms with Crippen LogP contribution >= 0.6 is 0 Å². The summed E-state index contributed by atoms with van der Waals surface area (Å²) in [5.74, 6) is 0.739. The lowest BCUT2D eigenvalue weighted by Crippen LogP contribution is -2.43. The lowest BCUT2D eigenvalue weighted by Gasteiger charge is -2.38. The van der Waals surface area contributed by atoms with Gasteiger partial charge in [-0.1, -0.05) is 0 Å². The molecular formula is C24H19FN6O2. The van der Waals surface area contributed by atoms with E-state index in [2.05, 4.69) is 30.0 Å². The number of esters is 1. The lowest BCUT2D eigenvalue weighted by atomic mass is 9.85. The van der Waals surface area contributed by atoms with Gasteiger partial charge in [0.2, 0.25) is 0 Å². The summed E-state index contributed by atoms with van der Waals surface area (Å²) in [4.78, 5) is 27.5. The molecule has 33 heavy (non-hydrogen) atoms. The van der Waals surface area contributed by atoms with E-state index in [1.165, 1.54) is 12.1 Å². The van der Waals surface area contributed by atoms with Gasteiger partial charge in [-0.2, -0.15) is 5.10 Å². The monoisotopic (exact) mass is 442 g/mol. The first-order chi connectivity index (χ1) is 16.1. The number of hydrogen-bond donors (Lipinski definition) is 1. The van der Waals surface area contributed by atoms with E-state index < -0.39 is 5.60 Å². The van der Waals surface area contributed by atoms with E-state index in [1.54, 1.807) is 42.9 Å². The first-order valence-electron chi connectivity index (χ1n) is 10.7. The summed E-state index contributed by atoms with van der Waals surface area (Å²) in [6.45, 7) is 1.38. The third-order valence-corrected chi connectivity index (χ3v) is 6.31. The molecule has 5 heterocycles. The number of halogens is 1. The number of hydrogen-bond acceptors (Lipinski definition) is 7. The van der Waals surface area contributed by atoms with Crippen molar-refractivity contribution in [1.82, 2.24) is 25.1 Å². The van der Waals surface area contributed by atoms with E-state index in [0.29, 0.717) is 43.0 Å². The zero-order valence-electron chi connectivity index (χ0n) is 17.5. The van der Waals surface area contributed by atoms with Crippen LogP contribution in [0, 0.1) is 5.82 Å². The van der Waals surface area contributed by atoms with Gasteiger partial charge in [-0.3, -0.25) is 10.1 Å². The van der Waals surface area contributed by atoms with Gasteiger partial charge in [0.15, 0.2) is 11.6 Å². The number of fused-ring (bicyclic) bond motifs is 2. The number of anilines is 1. The quantitative estimate of drug-likeness (QED) is 0.483. The van der Waals surface area contributed by atoms with Crippen LogP contribution in [0.1, 0.15) is 28.8 Å².